The molecule has 2 heterocycles. The number of morpholine rings is 1. The molecular weight excluding hydrogens is 321 g/mol. The first-order valence-corrected chi connectivity index (χ1v) is 8.66. The van der Waals surface area contributed by atoms with E-state index in [0.717, 1.165) is 0 Å². The van der Waals surface area contributed by atoms with E-state index in [-0.39, 0.29) is 17.1 Å². The minimum absolute atomic E-state index is 0.0377. The summed E-state index contributed by atoms with van der Waals surface area (Å²) in [6.45, 7) is 4.58. The maximum absolute atomic E-state index is 13.8. The van der Waals surface area contributed by atoms with Gasteiger partial charge in [-0.15, -0.1) is 0 Å². The highest BCUT2D eigenvalue weighted by Crippen LogP contribution is 2.27. The van der Waals surface area contributed by atoms with Crippen molar-refractivity contribution in [3.8, 4) is 5.69 Å². The molecule has 2 aromatic rings. The maximum atomic E-state index is 13.8. The SMILES string of the molecule is CC1(C)COCCN1S(=O)(=O)c1cnn(-c2ccccc2F)c1. The third-order valence-corrected chi connectivity index (χ3v) is 5.88. The number of para-hydroxylation sites is 1. The predicted octanol–water partition coefficient (Wildman–Crippen LogP) is 1.81. The Kier molecular flexibility index (Phi) is 3.99. The molecule has 0 spiro atoms. The Morgan fingerprint density at radius 3 is 2.74 bits per heavy atom. The fraction of sp³-hybridized carbons (Fsp3) is 0.400. The van der Waals surface area contributed by atoms with Crippen LogP contribution in [0.5, 0.6) is 0 Å². The van der Waals surface area contributed by atoms with E-state index < -0.39 is 21.4 Å². The Bertz CT molecular complexity index is 817. The topological polar surface area (TPSA) is 64.4 Å². The zero-order chi connectivity index (χ0) is 16.7. The quantitative estimate of drug-likeness (QED) is 0.855. The lowest BCUT2D eigenvalue weighted by atomic mass is 10.1. The molecule has 0 amide bonds. The number of halogens is 1. The van der Waals surface area contributed by atoms with E-state index in [1.165, 1.54) is 33.5 Å². The van der Waals surface area contributed by atoms with Gasteiger partial charge in [0, 0.05) is 6.54 Å². The Morgan fingerprint density at radius 2 is 2.04 bits per heavy atom. The highest BCUT2D eigenvalue weighted by atomic mass is 32.2. The minimum Gasteiger partial charge on any atom is -0.378 e. The molecule has 6 nitrogen and oxygen atoms in total. The summed E-state index contributed by atoms with van der Waals surface area (Å²) in [7, 11) is -3.72. The maximum Gasteiger partial charge on any atom is 0.246 e. The van der Waals surface area contributed by atoms with Crippen LogP contribution in [0.15, 0.2) is 41.6 Å². The standard InChI is InChI=1S/C15H18FN3O3S/c1-15(2)11-22-8-7-19(15)23(20,21)12-9-17-18(10-12)14-6-4-3-5-13(14)16/h3-6,9-10H,7-8,11H2,1-2H3. The van der Waals surface area contributed by atoms with Gasteiger partial charge in [0.2, 0.25) is 10.0 Å². The van der Waals surface area contributed by atoms with Gasteiger partial charge in [-0.1, -0.05) is 12.1 Å². The molecule has 0 N–H and O–H groups in total. The lowest BCUT2D eigenvalue weighted by Crippen LogP contribution is -2.55. The van der Waals surface area contributed by atoms with Crippen LogP contribution in [0.3, 0.4) is 0 Å². The molecule has 0 atom stereocenters. The van der Waals surface area contributed by atoms with Gasteiger partial charge in [-0.3, -0.25) is 0 Å². The average Bonchev–Trinajstić information content (AvgIpc) is 2.97. The number of nitrogens with zero attached hydrogens (tertiary/aromatic N) is 3. The van der Waals surface area contributed by atoms with Crippen molar-refractivity contribution >= 4 is 10.0 Å². The Morgan fingerprint density at radius 1 is 1.30 bits per heavy atom. The molecule has 1 aromatic carbocycles. The van der Waals surface area contributed by atoms with Crippen LogP contribution in [0.4, 0.5) is 4.39 Å². The van der Waals surface area contributed by atoms with E-state index >= 15 is 0 Å². The summed E-state index contributed by atoms with van der Waals surface area (Å²) in [5.74, 6) is -0.466. The van der Waals surface area contributed by atoms with Gasteiger partial charge >= 0.3 is 0 Å². The van der Waals surface area contributed by atoms with E-state index in [4.69, 9.17) is 4.74 Å². The van der Waals surface area contributed by atoms with E-state index in [0.29, 0.717) is 13.2 Å². The molecule has 0 saturated carbocycles. The minimum atomic E-state index is -3.72. The number of benzene rings is 1. The highest BCUT2D eigenvalue weighted by Gasteiger charge is 2.40. The second-order valence-electron chi connectivity index (χ2n) is 6.01. The van der Waals surface area contributed by atoms with Gasteiger partial charge < -0.3 is 4.74 Å². The van der Waals surface area contributed by atoms with Crippen LogP contribution in [0.25, 0.3) is 5.69 Å². The summed E-state index contributed by atoms with van der Waals surface area (Å²) in [4.78, 5) is 0.0377. The van der Waals surface area contributed by atoms with Gasteiger partial charge in [0.05, 0.1) is 31.1 Å². The molecule has 1 saturated heterocycles. The van der Waals surface area contributed by atoms with Crippen molar-refractivity contribution < 1.29 is 17.5 Å². The van der Waals surface area contributed by atoms with Crippen molar-refractivity contribution in [2.24, 2.45) is 0 Å². The number of rotatable bonds is 3. The summed E-state index contributed by atoms with van der Waals surface area (Å²) in [5, 5.41) is 4.00. The van der Waals surface area contributed by atoms with Gasteiger partial charge in [-0.05, 0) is 26.0 Å². The summed E-state index contributed by atoms with van der Waals surface area (Å²) in [6.07, 6.45) is 2.58. The molecule has 23 heavy (non-hydrogen) atoms. The average molecular weight is 339 g/mol. The van der Waals surface area contributed by atoms with E-state index in [9.17, 15) is 12.8 Å². The molecule has 1 aliphatic heterocycles. The zero-order valence-corrected chi connectivity index (χ0v) is 13.8. The van der Waals surface area contributed by atoms with Crippen LogP contribution >= 0.6 is 0 Å². The summed E-state index contributed by atoms with van der Waals surface area (Å²) < 4.78 is 47.5. The number of ether oxygens (including phenoxy) is 1. The van der Waals surface area contributed by atoms with Crippen LogP contribution in [0.2, 0.25) is 0 Å². The molecule has 0 aliphatic carbocycles. The second kappa shape index (κ2) is 5.70. The molecule has 8 heteroatoms. The molecule has 124 valence electrons. The number of hydrogen-bond donors (Lipinski definition) is 0. The Balaban J connectivity index is 1.98. The largest absolute Gasteiger partial charge is 0.378 e. The lowest BCUT2D eigenvalue weighted by molar-refractivity contribution is -0.00770. The van der Waals surface area contributed by atoms with E-state index in [2.05, 4.69) is 5.10 Å². The van der Waals surface area contributed by atoms with Gasteiger partial charge in [0.15, 0.2) is 0 Å². The van der Waals surface area contributed by atoms with Gasteiger partial charge in [-0.25, -0.2) is 17.5 Å². The van der Waals surface area contributed by atoms with E-state index in [1.807, 2.05) is 13.8 Å². The van der Waals surface area contributed by atoms with Crippen molar-refractivity contribution in [2.75, 3.05) is 19.8 Å². The van der Waals surface area contributed by atoms with Crippen LogP contribution in [-0.2, 0) is 14.8 Å². The normalized spacial score (nSPS) is 18.9. The van der Waals surface area contributed by atoms with Crippen molar-refractivity contribution in [3.63, 3.8) is 0 Å². The fourth-order valence-corrected chi connectivity index (χ4v) is 4.31. The first-order chi connectivity index (χ1) is 10.8. The third kappa shape index (κ3) is 2.89. The highest BCUT2D eigenvalue weighted by molar-refractivity contribution is 7.89. The van der Waals surface area contributed by atoms with Crippen molar-refractivity contribution in [2.45, 2.75) is 24.3 Å². The summed E-state index contributed by atoms with van der Waals surface area (Å²) in [5.41, 5.74) is -0.438. The van der Waals surface area contributed by atoms with Crippen LogP contribution < -0.4 is 0 Å². The molecule has 1 fully saturated rings. The Hall–Kier alpha value is -1.77. The van der Waals surface area contributed by atoms with Crippen molar-refractivity contribution in [3.05, 3.63) is 42.5 Å². The van der Waals surface area contributed by atoms with Gasteiger partial charge in [-0.2, -0.15) is 9.40 Å². The molecule has 0 unspecified atom stereocenters. The van der Waals surface area contributed by atoms with Crippen LogP contribution in [0.1, 0.15) is 13.8 Å². The summed E-state index contributed by atoms with van der Waals surface area (Å²) >= 11 is 0. The number of hydrogen-bond acceptors (Lipinski definition) is 4. The number of aromatic nitrogens is 2. The zero-order valence-electron chi connectivity index (χ0n) is 12.9. The predicted molar refractivity (Wildman–Crippen MR) is 82.3 cm³/mol. The van der Waals surface area contributed by atoms with Gasteiger partial charge in [0.25, 0.3) is 0 Å². The first-order valence-electron chi connectivity index (χ1n) is 7.22. The molecule has 3 rings (SSSR count). The molecule has 1 aliphatic rings. The molecular formula is C15H18FN3O3S. The molecule has 0 radical (unpaired) electrons. The fourth-order valence-electron chi connectivity index (χ4n) is 2.63. The van der Waals surface area contributed by atoms with Crippen LogP contribution in [0, 0.1) is 5.82 Å². The van der Waals surface area contributed by atoms with E-state index in [1.54, 1.807) is 12.1 Å². The summed E-state index contributed by atoms with van der Waals surface area (Å²) in [6, 6.07) is 6.07. The van der Waals surface area contributed by atoms with Crippen LogP contribution in [-0.4, -0.2) is 47.8 Å². The van der Waals surface area contributed by atoms with Crippen molar-refractivity contribution in [1.29, 1.82) is 0 Å². The third-order valence-electron chi connectivity index (χ3n) is 3.82. The van der Waals surface area contributed by atoms with Gasteiger partial charge in [0.1, 0.15) is 16.4 Å². The number of sulfonamides is 1. The smallest absolute Gasteiger partial charge is 0.246 e. The lowest BCUT2D eigenvalue weighted by Gasteiger charge is -2.40. The monoisotopic (exact) mass is 339 g/mol. The first kappa shape index (κ1) is 16.1. The second-order valence-corrected chi connectivity index (χ2v) is 7.88. The van der Waals surface area contributed by atoms with Crippen molar-refractivity contribution in [1.82, 2.24) is 14.1 Å². The molecule has 1 aromatic heterocycles. The molecule has 0 bridgehead atoms. The Labute approximate surface area is 134 Å².